The van der Waals surface area contributed by atoms with Crippen molar-refractivity contribution in [1.82, 2.24) is 5.32 Å². The second-order valence-electron chi connectivity index (χ2n) is 4.81. The number of hydrogen-bond donors (Lipinski definition) is 1. The normalized spacial score (nSPS) is 25.7. The Hall–Kier alpha value is -1.31. The molecule has 1 atom stereocenters. The third-order valence-corrected chi connectivity index (χ3v) is 3.88. The van der Waals surface area contributed by atoms with Gasteiger partial charge in [-0.15, -0.1) is 0 Å². The molecular formula is C13H15NO. The first kappa shape index (κ1) is 8.96. The van der Waals surface area contributed by atoms with Crippen molar-refractivity contribution in [3.8, 4) is 0 Å². The smallest absolute Gasteiger partial charge is 0.251 e. The van der Waals surface area contributed by atoms with Crippen LogP contribution in [0.25, 0.3) is 0 Å². The second kappa shape index (κ2) is 3.09. The van der Waals surface area contributed by atoms with E-state index >= 15 is 0 Å². The van der Waals surface area contributed by atoms with E-state index in [1.54, 1.807) is 0 Å². The maximum absolute atomic E-state index is 11.8. The Morgan fingerprint density at radius 1 is 1.27 bits per heavy atom. The number of rotatable bonds is 2. The van der Waals surface area contributed by atoms with Gasteiger partial charge in [-0.1, -0.05) is 24.6 Å². The monoisotopic (exact) mass is 201 g/mol. The lowest BCUT2D eigenvalue weighted by Crippen LogP contribution is -2.32. The molecule has 1 aromatic carbocycles. The number of hydrogen-bond acceptors (Lipinski definition) is 1. The highest BCUT2D eigenvalue weighted by atomic mass is 16.1. The van der Waals surface area contributed by atoms with Crippen LogP contribution in [-0.4, -0.2) is 11.9 Å². The van der Waals surface area contributed by atoms with Gasteiger partial charge >= 0.3 is 0 Å². The minimum atomic E-state index is 0.0874. The van der Waals surface area contributed by atoms with Gasteiger partial charge in [0.15, 0.2) is 0 Å². The van der Waals surface area contributed by atoms with E-state index in [0.717, 1.165) is 5.56 Å². The Labute approximate surface area is 89.7 Å². The number of nitrogens with one attached hydrogen (secondary N) is 1. The molecule has 1 spiro atoms. The van der Waals surface area contributed by atoms with Crippen LogP contribution in [-0.2, 0) is 0 Å². The molecule has 2 saturated carbocycles. The molecule has 0 aromatic heterocycles. The van der Waals surface area contributed by atoms with Gasteiger partial charge in [0.25, 0.3) is 5.91 Å². The summed E-state index contributed by atoms with van der Waals surface area (Å²) in [6.45, 7) is 0. The van der Waals surface area contributed by atoms with Crippen LogP contribution in [0, 0.1) is 5.41 Å². The minimum Gasteiger partial charge on any atom is -0.349 e. The van der Waals surface area contributed by atoms with Gasteiger partial charge in [-0.2, -0.15) is 0 Å². The van der Waals surface area contributed by atoms with Gasteiger partial charge in [-0.3, -0.25) is 4.79 Å². The summed E-state index contributed by atoms with van der Waals surface area (Å²) < 4.78 is 0. The predicted octanol–water partition coefficient (Wildman–Crippen LogP) is 2.36. The van der Waals surface area contributed by atoms with E-state index in [1.165, 1.54) is 25.7 Å². The lowest BCUT2D eigenvalue weighted by Gasteiger charge is -2.26. The van der Waals surface area contributed by atoms with E-state index < -0.39 is 0 Å². The van der Waals surface area contributed by atoms with Crippen LogP contribution in [0.2, 0.25) is 0 Å². The third-order valence-electron chi connectivity index (χ3n) is 3.88. The van der Waals surface area contributed by atoms with Crippen molar-refractivity contribution < 1.29 is 4.79 Å². The Morgan fingerprint density at radius 2 is 2.00 bits per heavy atom. The van der Waals surface area contributed by atoms with Gasteiger partial charge in [0.05, 0.1) is 0 Å². The highest BCUT2D eigenvalue weighted by molar-refractivity contribution is 5.94. The first-order valence-corrected chi connectivity index (χ1v) is 5.66. The molecule has 0 bridgehead atoms. The summed E-state index contributed by atoms with van der Waals surface area (Å²) in [5.74, 6) is 0.0874. The van der Waals surface area contributed by atoms with Gasteiger partial charge < -0.3 is 5.32 Å². The molecule has 0 aliphatic heterocycles. The van der Waals surface area contributed by atoms with Gasteiger partial charge in [0.2, 0.25) is 0 Å². The zero-order valence-electron chi connectivity index (χ0n) is 8.70. The minimum absolute atomic E-state index is 0.0874. The van der Waals surface area contributed by atoms with Crippen molar-refractivity contribution in [1.29, 1.82) is 0 Å². The van der Waals surface area contributed by atoms with Crippen molar-refractivity contribution in [3.63, 3.8) is 0 Å². The number of carbonyl (C=O) groups is 1. The van der Waals surface area contributed by atoms with Crippen LogP contribution in [0.4, 0.5) is 0 Å². The first-order chi connectivity index (χ1) is 7.30. The molecule has 0 radical (unpaired) electrons. The fraction of sp³-hybridized carbons (Fsp3) is 0.462. The molecule has 2 fully saturated rings. The lowest BCUT2D eigenvalue weighted by molar-refractivity contribution is 0.0938. The topological polar surface area (TPSA) is 29.1 Å². The molecule has 0 saturated heterocycles. The van der Waals surface area contributed by atoms with E-state index in [9.17, 15) is 4.79 Å². The molecule has 1 aromatic rings. The zero-order valence-corrected chi connectivity index (χ0v) is 8.70. The van der Waals surface area contributed by atoms with Gasteiger partial charge in [0.1, 0.15) is 0 Å². The molecular weight excluding hydrogens is 186 g/mol. The zero-order chi connectivity index (χ0) is 10.3. The van der Waals surface area contributed by atoms with E-state index in [1.807, 2.05) is 30.3 Å². The molecule has 1 amide bonds. The van der Waals surface area contributed by atoms with Crippen molar-refractivity contribution in [2.24, 2.45) is 5.41 Å². The number of carbonyl (C=O) groups excluding carboxylic acids is 1. The van der Waals surface area contributed by atoms with E-state index in [4.69, 9.17) is 0 Å². The highest BCUT2D eigenvalue weighted by Gasteiger charge is 2.58. The van der Waals surface area contributed by atoms with Crippen LogP contribution in [0.5, 0.6) is 0 Å². The molecule has 3 rings (SSSR count). The number of amides is 1. The molecule has 2 heteroatoms. The maximum Gasteiger partial charge on any atom is 0.251 e. The molecule has 2 aliphatic carbocycles. The predicted molar refractivity (Wildman–Crippen MR) is 58.6 cm³/mol. The third kappa shape index (κ3) is 1.44. The Kier molecular flexibility index (Phi) is 1.84. The fourth-order valence-electron chi connectivity index (χ4n) is 2.57. The number of benzene rings is 1. The van der Waals surface area contributed by atoms with Crippen molar-refractivity contribution in [3.05, 3.63) is 35.9 Å². The lowest BCUT2D eigenvalue weighted by atomic mass is 9.81. The van der Waals surface area contributed by atoms with Crippen LogP contribution < -0.4 is 5.32 Å². The Balaban J connectivity index is 1.63. The van der Waals surface area contributed by atoms with Crippen molar-refractivity contribution in [2.45, 2.75) is 31.7 Å². The molecule has 1 unspecified atom stereocenters. The van der Waals surface area contributed by atoms with Crippen molar-refractivity contribution in [2.75, 3.05) is 0 Å². The van der Waals surface area contributed by atoms with Crippen molar-refractivity contribution >= 4 is 5.91 Å². The summed E-state index contributed by atoms with van der Waals surface area (Å²) in [5.41, 5.74) is 1.30. The fourth-order valence-corrected chi connectivity index (χ4v) is 2.57. The summed E-state index contributed by atoms with van der Waals surface area (Å²) in [6, 6.07) is 9.93. The van der Waals surface area contributed by atoms with Crippen LogP contribution in [0.15, 0.2) is 30.3 Å². The summed E-state index contributed by atoms with van der Waals surface area (Å²) in [5, 5.41) is 3.12. The van der Waals surface area contributed by atoms with Gasteiger partial charge in [-0.05, 0) is 36.8 Å². The Morgan fingerprint density at radius 3 is 2.53 bits per heavy atom. The molecule has 0 heterocycles. The first-order valence-electron chi connectivity index (χ1n) is 5.66. The summed E-state index contributed by atoms with van der Waals surface area (Å²) >= 11 is 0. The van der Waals surface area contributed by atoms with Crippen LogP contribution in [0.3, 0.4) is 0 Å². The average molecular weight is 201 g/mol. The molecule has 2 aliphatic rings. The Bertz CT molecular complexity index is 381. The van der Waals surface area contributed by atoms with E-state index in [0.29, 0.717) is 11.5 Å². The molecule has 78 valence electrons. The van der Waals surface area contributed by atoms with Gasteiger partial charge in [-0.25, -0.2) is 0 Å². The molecule has 2 nitrogen and oxygen atoms in total. The summed E-state index contributed by atoms with van der Waals surface area (Å²) in [6.07, 6.45) is 5.17. The standard InChI is InChI=1S/C13H15NO/c15-12(10-5-2-1-3-6-10)14-11-9-13(11)7-4-8-13/h1-3,5-6,11H,4,7-9H2,(H,14,15). The van der Waals surface area contributed by atoms with E-state index in [-0.39, 0.29) is 5.91 Å². The van der Waals surface area contributed by atoms with Crippen LogP contribution >= 0.6 is 0 Å². The second-order valence-corrected chi connectivity index (χ2v) is 4.81. The van der Waals surface area contributed by atoms with E-state index in [2.05, 4.69) is 5.32 Å². The summed E-state index contributed by atoms with van der Waals surface area (Å²) in [7, 11) is 0. The largest absolute Gasteiger partial charge is 0.349 e. The molecule has 1 N–H and O–H groups in total. The van der Waals surface area contributed by atoms with Gasteiger partial charge in [0, 0.05) is 11.6 Å². The van der Waals surface area contributed by atoms with Crippen LogP contribution in [0.1, 0.15) is 36.0 Å². The summed E-state index contributed by atoms with van der Waals surface area (Å²) in [4.78, 5) is 11.8. The average Bonchev–Trinajstić information content (AvgIpc) is 2.93. The highest BCUT2D eigenvalue weighted by Crippen LogP contribution is 2.60. The molecule has 15 heavy (non-hydrogen) atoms. The quantitative estimate of drug-likeness (QED) is 0.782. The SMILES string of the molecule is O=C(NC1CC12CCC2)c1ccccc1. The maximum atomic E-state index is 11.8.